The first-order valence-electron chi connectivity index (χ1n) is 5.64. The molecule has 0 aromatic rings. The van der Waals surface area contributed by atoms with Gasteiger partial charge in [0.25, 0.3) is 0 Å². The van der Waals surface area contributed by atoms with Gasteiger partial charge in [0.1, 0.15) is 0 Å². The fourth-order valence-corrected chi connectivity index (χ4v) is 1.84. The molecule has 1 aliphatic rings. The van der Waals surface area contributed by atoms with Gasteiger partial charge in [-0.1, -0.05) is 0 Å². The number of amides is 1. The molecule has 1 fully saturated rings. The van der Waals surface area contributed by atoms with E-state index in [1.54, 1.807) is 19.0 Å². The van der Waals surface area contributed by atoms with Crippen LogP contribution in [0.3, 0.4) is 0 Å². The maximum atomic E-state index is 11.5. The zero-order chi connectivity index (χ0) is 11.4. The summed E-state index contributed by atoms with van der Waals surface area (Å²) in [7, 11) is 5.64. The van der Waals surface area contributed by atoms with E-state index in [4.69, 9.17) is 0 Å². The maximum Gasteiger partial charge on any atom is 0.236 e. The van der Waals surface area contributed by atoms with Gasteiger partial charge in [-0.25, -0.2) is 0 Å². The SMILES string of the molecule is CC1CCC(N(C)CC(=O)N(C)C)CN1. The van der Waals surface area contributed by atoms with Crippen molar-refractivity contribution in [3.63, 3.8) is 0 Å². The third kappa shape index (κ3) is 3.80. The van der Waals surface area contributed by atoms with E-state index < -0.39 is 0 Å². The average Bonchev–Trinajstić information content (AvgIpc) is 2.18. The summed E-state index contributed by atoms with van der Waals surface area (Å²) in [6.07, 6.45) is 2.39. The Morgan fingerprint density at radius 1 is 1.33 bits per heavy atom. The molecular weight excluding hydrogens is 190 g/mol. The van der Waals surface area contributed by atoms with Crippen LogP contribution in [-0.4, -0.2) is 62.0 Å². The van der Waals surface area contributed by atoms with Crippen LogP contribution >= 0.6 is 0 Å². The van der Waals surface area contributed by atoms with Crippen molar-refractivity contribution in [1.82, 2.24) is 15.1 Å². The molecule has 0 bridgehead atoms. The first kappa shape index (κ1) is 12.5. The molecule has 0 aliphatic carbocycles. The highest BCUT2D eigenvalue weighted by Gasteiger charge is 2.22. The second kappa shape index (κ2) is 5.47. The van der Waals surface area contributed by atoms with Crippen LogP contribution in [0.4, 0.5) is 0 Å². The largest absolute Gasteiger partial charge is 0.348 e. The Balaban J connectivity index is 2.34. The molecule has 0 spiro atoms. The molecule has 1 N–H and O–H groups in total. The van der Waals surface area contributed by atoms with Crippen LogP contribution in [0.25, 0.3) is 0 Å². The van der Waals surface area contributed by atoms with E-state index >= 15 is 0 Å². The van der Waals surface area contributed by atoms with E-state index in [9.17, 15) is 4.79 Å². The summed E-state index contributed by atoms with van der Waals surface area (Å²) in [5.74, 6) is 0.177. The Hall–Kier alpha value is -0.610. The fourth-order valence-electron chi connectivity index (χ4n) is 1.84. The zero-order valence-electron chi connectivity index (χ0n) is 10.3. The predicted molar refractivity (Wildman–Crippen MR) is 61.8 cm³/mol. The number of rotatable bonds is 3. The van der Waals surface area contributed by atoms with E-state index in [1.807, 2.05) is 7.05 Å². The lowest BCUT2D eigenvalue weighted by atomic mass is 10.0. The second-order valence-electron chi connectivity index (χ2n) is 4.74. The molecular formula is C11H23N3O. The molecule has 4 nitrogen and oxygen atoms in total. The van der Waals surface area contributed by atoms with Gasteiger partial charge in [-0.3, -0.25) is 9.69 Å². The lowest BCUT2D eigenvalue weighted by Gasteiger charge is -2.34. The smallest absolute Gasteiger partial charge is 0.236 e. The predicted octanol–water partition coefficient (Wildman–Crippen LogP) is 0.147. The molecule has 1 aliphatic heterocycles. The third-order valence-electron chi connectivity index (χ3n) is 3.14. The first-order chi connectivity index (χ1) is 7.00. The highest BCUT2D eigenvalue weighted by molar-refractivity contribution is 5.77. The molecule has 2 unspecified atom stereocenters. The monoisotopic (exact) mass is 213 g/mol. The number of nitrogens with zero attached hydrogens (tertiary/aromatic N) is 2. The van der Waals surface area contributed by atoms with E-state index in [-0.39, 0.29) is 5.91 Å². The van der Waals surface area contributed by atoms with Gasteiger partial charge < -0.3 is 10.2 Å². The summed E-state index contributed by atoms with van der Waals surface area (Å²) in [5.41, 5.74) is 0. The summed E-state index contributed by atoms with van der Waals surface area (Å²) in [6.45, 7) is 3.73. The number of carbonyl (C=O) groups excluding carboxylic acids is 1. The normalized spacial score (nSPS) is 26.7. The van der Waals surface area contributed by atoms with Crippen molar-refractivity contribution in [3.8, 4) is 0 Å². The Morgan fingerprint density at radius 3 is 2.47 bits per heavy atom. The molecule has 0 aromatic carbocycles. The number of hydrogen-bond donors (Lipinski definition) is 1. The molecule has 2 atom stereocenters. The minimum absolute atomic E-state index is 0.177. The molecule has 0 saturated carbocycles. The number of likely N-dealkylation sites (N-methyl/N-ethyl adjacent to an activating group) is 2. The van der Waals surface area contributed by atoms with Crippen molar-refractivity contribution in [1.29, 1.82) is 0 Å². The minimum atomic E-state index is 0.177. The highest BCUT2D eigenvalue weighted by atomic mass is 16.2. The van der Waals surface area contributed by atoms with E-state index in [0.717, 1.165) is 6.54 Å². The van der Waals surface area contributed by atoms with Gasteiger partial charge in [0.2, 0.25) is 5.91 Å². The summed E-state index contributed by atoms with van der Waals surface area (Å²) in [4.78, 5) is 15.3. The highest BCUT2D eigenvalue weighted by Crippen LogP contribution is 2.12. The van der Waals surface area contributed by atoms with Crippen molar-refractivity contribution in [2.24, 2.45) is 0 Å². The zero-order valence-corrected chi connectivity index (χ0v) is 10.3. The van der Waals surface area contributed by atoms with Gasteiger partial charge in [0.15, 0.2) is 0 Å². The molecule has 1 amide bonds. The Morgan fingerprint density at radius 2 is 2.00 bits per heavy atom. The number of nitrogens with one attached hydrogen (secondary N) is 1. The van der Waals surface area contributed by atoms with Crippen LogP contribution in [-0.2, 0) is 4.79 Å². The molecule has 4 heteroatoms. The summed E-state index contributed by atoms with van der Waals surface area (Å²) in [6, 6.07) is 1.13. The molecule has 15 heavy (non-hydrogen) atoms. The number of carbonyl (C=O) groups is 1. The van der Waals surface area contributed by atoms with Crippen molar-refractivity contribution in [2.45, 2.75) is 31.8 Å². The van der Waals surface area contributed by atoms with Crippen LogP contribution in [0.2, 0.25) is 0 Å². The molecule has 1 heterocycles. The Kier molecular flexibility index (Phi) is 4.54. The van der Waals surface area contributed by atoms with Crippen molar-refractivity contribution in [2.75, 3.05) is 34.2 Å². The van der Waals surface area contributed by atoms with Gasteiger partial charge in [-0.05, 0) is 26.8 Å². The van der Waals surface area contributed by atoms with Crippen LogP contribution in [0, 0.1) is 0 Å². The lowest BCUT2D eigenvalue weighted by molar-refractivity contribution is -0.130. The van der Waals surface area contributed by atoms with E-state index in [1.165, 1.54) is 12.8 Å². The topological polar surface area (TPSA) is 35.6 Å². The van der Waals surface area contributed by atoms with Crippen LogP contribution in [0.15, 0.2) is 0 Å². The average molecular weight is 213 g/mol. The molecule has 0 radical (unpaired) electrons. The number of piperidine rings is 1. The third-order valence-corrected chi connectivity index (χ3v) is 3.14. The van der Waals surface area contributed by atoms with Gasteiger partial charge in [0, 0.05) is 32.7 Å². The number of hydrogen-bond acceptors (Lipinski definition) is 3. The molecule has 1 saturated heterocycles. The van der Waals surface area contributed by atoms with Crippen molar-refractivity contribution in [3.05, 3.63) is 0 Å². The van der Waals surface area contributed by atoms with E-state index in [2.05, 4.69) is 17.1 Å². The van der Waals surface area contributed by atoms with Gasteiger partial charge >= 0.3 is 0 Å². The van der Waals surface area contributed by atoms with Crippen LogP contribution in [0.1, 0.15) is 19.8 Å². The summed E-state index contributed by atoms with van der Waals surface area (Å²) >= 11 is 0. The molecule has 0 aromatic heterocycles. The lowest BCUT2D eigenvalue weighted by Crippen LogP contribution is -2.49. The fraction of sp³-hybridized carbons (Fsp3) is 0.909. The summed E-state index contributed by atoms with van der Waals surface area (Å²) in [5, 5.41) is 3.45. The second-order valence-corrected chi connectivity index (χ2v) is 4.74. The van der Waals surface area contributed by atoms with E-state index in [0.29, 0.717) is 18.6 Å². The first-order valence-corrected chi connectivity index (χ1v) is 5.64. The van der Waals surface area contributed by atoms with Crippen LogP contribution < -0.4 is 5.32 Å². The van der Waals surface area contributed by atoms with Crippen molar-refractivity contribution >= 4 is 5.91 Å². The maximum absolute atomic E-state index is 11.5. The quantitative estimate of drug-likeness (QED) is 0.725. The van der Waals surface area contributed by atoms with Gasteiger partial charge in [0.05, 0.1) is 6.54 Å². The standard InChI is InChI=1S/C11H23N3O/c1-9-5-6-10(7-12-9)14(4)8-11(15)13(2)3/h9-10,12H,5-8H2,1-4H3. The summed E-state index contributed by atoms with van der Waals surface area (Å²) < 4.78 is 0. The Labute approximate surface area is 92.6 Å². The Bertz CT molecular complexity index is 210. The van der Waals surface area contributed by atoms with Crippen LogP contribution in [0.5, 0.6) is 0 Å². The van der Waals surface area contributed by atoms with Gasteiger partial charge in [-0.2, -0.15) is 0 Å². The molecule has 1 rings (SSSR count). The van der Waals surface area contributed by atoms with Crippen molar-refractivity contribution < 1.29 is 4.79 Å². The van der Waals surface area contributed by atoms with Gasteiger partial charge in [-0.15, -0.1) is 0 Å². The minimum Gasteiger partial charge on any atom is -0.348 e. The molecule has 88 valence electrons.